The Morgan fingerprint density at radius 3 is 2.30 bits per heavy atom. The first kappa shape index (κ1) is 20.3. The van der Waals surface area contributed by atoms with Crippen LogP contribution in [0.4, 0.5) is 10.5 Å². The number of carbonyl (C=O) groups excluding carboxylic acids is 5. The molecule has 0 spiro atoms. The van der Waals surface area contributed by atoms with Gasteiger partial charge in [-0.25, -0.2) is 9.69 Å². The lowest BCUT2D eigenvalue weighted by Gasteiger charge is -2.34. The van der Waals surface area contributed by atoms with Crippen LogP contribution < -0.4 is 4.90 Å². The molecule has 0 N–H and O–H groups in total. The second-order valence-electron chi connectivity index (χ2n) is 8.30. The highest BCUT2D eigenvalue weighted by Crippen LogP contribution is 2.31. The van der Waals surface area contributed by atoms with E-state index in [1.54, 1.807) is 29.2 Å². The Morgan fingerprint density at radius 1 is 0.967 bits per heavy atom. The van der Waals surface area contributed by atoms with Gasteiger partial charge in [0, 0.05) is 30.3 Å². The van der Waals surface area contributed by atoms with Crippen molar-refractivity contribution in [3.8, 4) is 0 Å². The van der Waals surface area contributed by atoms with E-state index in [-0.39, 0.29) is 17.9 Å². The molecule has 1 aromatic rings. The molecule has 2 heterocycles. The van der Waals surface area contributed by atoms with E-state index in [1.807, 2.05) is 6.92 Å². The molecule has 1 aromatic carbocycles. The smallest absolute Gasteiger partial charge is 0.312 e. The Labute approximate surface area is 174 Å². The van der Waals surface area contributed by atoms with Crippen molar-refractivity contribution in [3.63, 3.8) is 0 Å². The standard InChI is InChI=1S/C22H25N3O5/c1-14-5-2-3-6-17(14)25-21(29)20(28)24(22(25)30)13-18(26)15-8-10-16(11-9-15)23-12-4-7-19(23)27/h8-11,14,17H,2-7,12-13H2,1H3/t14-,17+/m0/s1. The molecule has 2 aliphatic heterocycles. The lowest BCUT2D eigenvalue weighted by Crippen LogP contribution is -2.46. The monoisotopic (exact) mass is 411 g/mol. The summed E-state index contributed by atoms with van der Waals surface area (Å²) < 4.78 is 0. The lowest BCUT2D eigenvalue weighted by atomic mass is 9.85. The number of anilines is 1. The van der Waals surface area contributed by atoms with Gasteiger partial charge in [0.2, 0.25) is 5.91 Å². The average Bonchev–Trinajstić information content (AvgIpc) is 3.26. The number of carbonyl (C=O) groups is 5. The van der Waals surface area contributed by atoms with Gasteiger partial charge in [0.05, 0.1) is 6.54 Å². The molecule has 158 valence electrons. The van der Waals surface area contributed by atoms with Gasteiger partial charge in [0.15, 0.2) is 5.78 Å². The van der Waals surface area contributed by atoms with Crippen LogP contribution in [0.25, 0.3) is 0 Å². The Bertz CT molecular complexity index is 910. The maximum absolute atomic E-state index is 12.8. The van der Waals surface area contributed by atoms with Crippen LogP contribution in [0.15, 0.2) is 24.3 Å². The first-order valence-corrected chi connectivity index (χ1v) is 10.5. The van der Waals surface area contributed by atoms with E-state index in [9.17, 15) is 24.0 Å². The third kappa shape index (κ3) is 3.51. The normalized spacial score (nSPS) is 24.9. The SMILES string of the molecule is C[C@H]1CCCC[C@H]1N1C(=O)C(=O)N(CC(=O)c2ccc(N3CCCC3=O)cc2)C1=O. The summed E-state index contributed by atoms with van der Waals surface area (Å²) in [6, 6.07) is 5.54. The van der Waals surface area contributed by atoms with E-state index in [4.69, 9.17) is 0 Å². The third-order valence-electron chi connectivity index (χ3n) is 6.36. The van der Waals surface area contributed by atoms with E-state index in [0.29, 0.717) is 24.9 Å². The number of Topliss-reactive ketones (excluding diaryl/α,β-unsaturated/α-hetero) is 1. The molecule has 0 unspecified atom stereocenters. The number of ketones is 1. The fraction of sp³-hybridized carbons (Fsp3) is 0.500. The number of nitrogens with zero attached hydrogens (tertiary/aromatic N) is 3. The Kier molecular flexibility index (Phi) is 5.40. The summed E-state index contributed by atoms with van der Waals surface area (Å²) in [5.41, 5.74) is 1.04. The average molecular weight is 411 g/mol. The molecule has 4 rings (SSSR count). The molecule has 3 aliphatic rings. The predicted octanol–water partition coefficient (Wildman–Crippen LogP) is 2.37. The number of urea groups is 1. The second kappa shape index (κ2) is 8.01. The first-order valence-electron chi connectivity index (χ1n) is 10.5. The molecule has 5 amide bonds. The minimum absolute atomic E-state index is 0.0536. The molecule has 3 fully saturated rings. The van der Waals surface area contributed by atoms with Crippen molar-refractivity contribution in [3.05, 3.63) is 29.8 Å². The summed E-state index contributed by atoms with van der Waals surface area (Å²) >= 11 is 0. The summed E-state index contributed by atoms with van der Waals surface area (Å²) in [5, 5.41) is 0. The number of hydrogen-bond donors (Lipinski definition) is 0. The molecule has 0 radical (unpaired) electrons. The van der Waals surface area contributed by atoms with Crippen molar-refractivity contribution in [2.24, 2.45) is 5.92 Å². The topological polar surface area (TPSA) is 95.1 Å². The van der Waals surface area contributed by atoms with E-state index < -0.39 is 30.2 Å². The quantitative estimate of drug-likeness (QED) is 0.421. The molecule has 0 aromatic heterocycles. The summed E-state index contributed by atoms with van der Waals surface area (Å²) in [7, 11) is 0. The van der Waals surface area contributed by atoms with Gasteiger partial charge in [-0.1, -0.05) is 19.8 Å². The number of imide groups is 2. The zero-order valence-electron chi connectivity index (χ0n) is 17.0. The fourth-order valence-corrected chi connectivity index (χ4v) is 4.62. The Morgan fingerprint density at radius 2 is 1.67 bits per heavy atom. The predicted molar refractivity (Wildman–Crippen MR) is 108 cm³/mol. The molecular formula is C22H25N3O5. The van der Waals surface area contributed by atoms with E-state index in [0.717, 1.165) is 41.2 Å². The van der Waals surface area contributed by atoms with Crippen LogP contribution in [0.1, 0.15) is 55.8 Å². The van der Waals surface area contributed by atoms with E-state index in [1.165, 1.54) is 0 Å². The van der Waals surface area contributed by atoms with Crippen LogP contribution in [0, 0.1) is 5.92 Å². The van der Waals surface area contributed by atoms with E-state index in [2.05, 4.69) is 0 Å². The van der Waals surface area contributed by atoms with E-state index >= 15 is 0 Å². The number of amides is 5. The highest BCUT2D eigenvalue weighted by Gasteiger charge is 2.49. The molecule has 1 aliphatic carbocycles. The zero-order valence-corrected chi connectivity index (χ0v) is 17.0. The molecule has 2 atom stereocenters. The minimum atomic E-state index is -0.939. The second-order valence-corrected chi connectivity index (χ2v) is 8.30. The molecule has 8 heteroatoms. The summed E-state index contributed by atoms with van der Waals surface area (Å²) in [5.74, 6) is -2.02. The molecule has 8 nitrogen and oxygen atoms in total. The van der Waals surface area contributed by atoms with Crippen LogP contribution in [-0.4, -0.2) is 58.5 Å². The molecule has 0 bridgehead atoms. The number of hydrogen-bond acceptors (Lipinski definition) is 5. The van der Waals surface area contributed by atoms with Gasteiger partial charge in [-0.3, -0.25) is 24.1 Å². The third-order valence-corrected chi connectivity index (χ3v) is 6.36. The summed E-state index contributed by atoms with van der Waals surface area (Å²) in [4.78, 5) is 65.7. The van der Waals surface area contributed by atoms with Crippen molar-refractivity contribution >= 4 is 35.2 Å². The molecular weight excluding hydrogens is 386 g/mol. The maximum atomic E-state index is 12.8. The fourth-order valence-electron chi connectivity index (χ4n) is 4.62. The number of rotatable bonds is 5. The van der Waals surface area contributed by atoms with Gasteiger partial charge in [0.25, 0.3) is 0 Å². The first-order chi connectivity index (χ1) is 14.4. The van der Waals surface area contributed by atoms with Crippen molar-refractivity contribution in [2.75, 3.05) is 18.0 Å². The Balaban J connectivity index is 1.46. The van der Waals surface area contributed by atoms with Gasteiger partial charge in [0.1, 0.15) is 0 Å². The van der Waals surface area contributed by atoms with Crippen molar-refractivity contribution < 1.29 is 24.0 Å². The Hall–Kier alpha value is -3.03. The summed E-state index contributed by atoms with van der Waals surface area (Å²) in [6.45, 7) is 2.17. The van der Waals surface area contributed by atoms with Crippen molar-refractivity contribution in [2.45, 2.75) is 51.5 Å². The molecule has 2 saturated heterocycles. The zero-order chi connectivity index (χ0) is 21.4. The molecule has 1 saturated carbocycles. The highest BCUT2D eigenvalue weighted by molar-refractivity contribution is 6.45. The summed E-state index contributed by atoms with van der Waals surface area (Å²) in [6.07, 6.45) is 4.87. The van der Waals surface area contributed by atoms with Gasteiger partial charge < -0.3 is 4.90 Å². The van der Waals surface area contributed by atoms with Crippen molar-refractivity contribution in [1.82, 2.24) is 9.80 Å². The highest BCUT2D eigenvalue weighted by atomic mass is 16.2. The lowest BCUT2D eigenvalue weighted by molar-refractivity contribution is -0.144. The van der Waals surface area contributed by atoms with Gasteiger partial charge >= 0.3 is 17.8 Å². The van der Waals surface area contributed by atoms with Crippen LogP contribution in [-0.2, 0) is 14.4 Å². The van der Waals surface area contributed by atoms with Crippen LogP contribution in [0.3, 0.4) is 0 Å². The van der Waals surface area contributed by atoms with Crippen molar-refractivity contribution in [1.29, 1.82) is 0 Å². The van der Waals surface area contributed by atoms with Crippen LogP contribution in [0.2, 0.25) is 0 Å². The minimum Gasteiger partial charge on any atom is -0.312 e. The maximum Gasteiger partial charge on any atom is 0.334 e. The van der Waals surface area contributed by atoms with Gasteiger partial charge in [-0.15, -0.1) is 0 Å². The number of benzene rings is 1. The van der Waals surface area contributed by atoms with Crippen LogP contribution in [0.5, 0.6) is 0 Å². The van der Waals surface area contributed by atoms with Gasteiger partial charge in [-0.05, 0) is 49.4 Å². The largest absolute Gasteiger partial charge is 0.334 e. The molecule has 30 heavy (non-hydrogen) atoms. The van der Waals surface area contributed by atoms with Gasteiger partial charge in [-0.2, -0.15) is 0 Å². The van der Waals surface area contributed by atoms with Crippen LogP contribution >= 0.6 is 0 Å².